The highest BCUT2D eigenvalue weighted by molar-refractivity contribution is 5.75. The molecule has 0 aromatic rings. The Balaban J connectivity index is 0. The third-order valence-electron chi connectivity index (χ3n) is 1.61. The van der Waals surface area contributed by atoms with Crippen LogP contribution in [0, 0.1) is 0 Å². The standard InChI is InChI=1S/C7H12O7.H4Si/c1-14-7(13)6(12)5(11)4(10)3(9)2-8;/h2-6,9-12H,1H3;1H4. The zero-order chi connectivity index (χ0) is 11.3. The fraction of sp³-hybridized carbons (Fsp3) is 0.714. The molecule has 4 N–H and O–H groups in total. The summed E-state index contributed by atoms with van der Waals surface area (Å²) in [7, 11) is 0.973. The molecule has 0 fully saturated rings. The van der Waals surface area contributed by atoms with Crippen LogP contribution in [0.1, 0.15) is 0 Å². The van der Waals surface area contributed by atoms with Gasteiger partial charge < -0.3 is 30.0 Å². The van der Waals surface area contributed by atoms with Crippen LogP contribution >= 0.6 is 0 Å². The second kappa shape index (κ2) is 7.48. The van der Waals surface area contributed by atoms with Gasteiger partial charge in [-0.25, -0.2) is 4.79 Å². The predicted molar refractivity (Wildman–Crippen MR) is 53.4 cm³/mol. The Bertz CT molecular complexity index is 210. The lowest BCUT2D eigenvalue weighted by Crippen LogP contribution is -2.48. The van der Waals surface area contributed by atoms with Gasteiger partial charge >= 0.3 is 5.97 Å². The molecule has 0 bridgehead atoms. The average molecular weight is 240 g/mol. The highest BCUT2D eigenvalue weighted by Crippen LogP contribution is 2.05. The molecular weight excluding hydrogens is 224 g/mol. The minimum atomic E-state index is -2.01. The number of carbonyl (C=O) groups is 2. The Morgan fingerprint density at radius 1 is 1.20 bits per heavy atom. The lowest BCUT2D eigenvalue weighted by Gasteiger charge is -2.22. The summed E-state index contributed by atoms with van der Waals surface area (Å²) >= 11 is 0. The highest BCUT2D eigenvalue weighted by atomic mass is 28.1. The van der Waals surface area contributed by atoms with E-state index in [1.165, 1.54) is 0 Å². The van der Waals surface area contributed by atoms with Crippen LogP contribution in [0.4, 0.5) is 0 Å². The zero-order valence-corrected chi connectivity index (χ0v) is 7.40. The van der Waals surface area contributed by atoms with Crippen molar-refractivity contribution in [3.8, 4) is 0 Å². The second-order valence-corrected chi connectivity index (χ2v) is 2.58. The van der Waals surface area contributed by atoms with Gasteiger partial charge in [0.05, 0.1) is 7.11 Å². The van der Waals surface area contributed by atoms with Crippen LogP contribution in [0.3, 0.4) is 0 Å². The molecule has 0 aliphatic heterocycles. The summed E-state index contributed by atoms with van der Waals surface area (Å²) in [5.74, 6) is -1.17. The van der Waals surface area contributed by atoms with Crippen LogP contribution in [0.25, 0.3) is 0 Å². The van der Waals surface area contributed by atoms with Crippen molar-refractivity contribution in [2.75, 3.05) is 7.11 Å². The first-order chi connectivity index (χ1) is 6.45. The lowest BCUT2D eigenvalue weighted by atomic mass is 10.0. The maximum absolute atomic E-state index is 10.7. The monoisotopic (exact) mass is 240 g/mol. The molecule has 15 heavy (non-hydrogen) atoms. The van der Waals surface area contributed by atoms with Crippen molar-refractivity contribution in [2.24, 2.45) is 0 Å². The van der Waals surface area contributed by atoms with Crippen LogP contribution in [0.2, 0.25) is 0 Å². The minimum absolute atomic E-state index is 0. The molecule has 4 atom stereocenters. The summed E-state index contributed by atoms with van der Waals surface area (Å²) in [6.45, 7) is 0. The number of rotatable bonds is 5. The highest BCUT2D eigenvalue weighted by Gasteiger charge is 2.34. The van der Waals surface area contributed by atoms with Crippen LogP contribution < -0.4 is 0 Å². The first kappa shape index (κ1) is 16.6. The van der Waals surface area contributed by atoms with E-state index in [1.807, 2.05) is 0 Å². The fourth-order valence-electron chi connectivity index (χ4n) is 0.729. The molecule has 0 rings (SSSR count). The molecule has 7 nitrogen and oxygen atoms in total. The van der Waals surface area contributed by atoms with Crippen molar-refractivity contribution < 1.29 is 34.8 Å². The first-order valence-electron chi connectivity index (χ1n) is 3.71. The van der Waals surface area contributed by atoms with E-state index >= 15 is 0 Å². The van der Waals surface area contributed by atoms with E-state index in [9.17, 15) is 9.59 Å². The van der Waals surface area contributed by atoms with Crippen molar-refractivity contribution in [1.82, 2.24) is 0 Å². The molecule has 4 unspecified atom stereocenters. The number of hydrogen-bond donors (Lipinski definition) is 4. The van der Waals surface area contributed by atoms with E-state index in [0.29, 0.717) is 0 Å². The van der Waals surface area contributed by atoms with Gasteiger partial charge in [0.1, 0.15) is 18.3 Å². The number of carbonyl (C=O) groups excluding carboxylic acids is 2. The van der Waals surface area contributed by atoms with E-state index in [2.05, 4.69) is 4.74 Å². The van der Waals surface area contributed by atoms with Gasteiger partial charge in [-0.1, -0.05) is 0 Å². The molecule has 0 aromatic carbocycles. The van der Waals surface area contributed by atoms with Gasteiger partial charge in [0.25, 0.3) is 0 Å². The Hall–Kier alpha value is -0.803. The van der Waals surface area contributed by atoms with E-state index in [0.717, 1.165) is 7.11 Å². The second-order valence-electron chi connectivity index (χ2n) is 2.58. The molecule has 90 valence electrons. The molecular formula is C7H16O7Si. The topological polar surface area (TPSA) is 124 Å². The molecule has 0 amide bonds. The predicted octanol–water partition coefficient (Wildman–Crippen LogP) is -4.65. The number of aliphatic hydroxyl groups is 4. The van der Waals surface area contributed by atoms with Crippen LogP contribution in [0.5, 0.6) is 0 Å². The quantitative estimate of drug-likeness (QED) is 0.216. The molecule has 0 aliphatic rings. The van der Waals surface area contributed by atoms with Gasteiger partial charge in [-0.2, -0.15) is 0 Å². The summed E-state index contributed by atoms with van der Waals surface area (Å²) in [4.78, 5) is 20.6. The molecule has 0 aromatic heterocycles. The van der Waals surface area contributed by atoms with Crippen LogP contribution in [0.15, 0.2) is 0 Å². The lowest BCUT2D eigenvalue weighted by molar-refractivity contribution is -0.166. The first-order valence-corrected chi connectivity index (χ1v) is 3.71. The van der Waals surface area contributed by atoms with Gasteiger partial charge in [0.2, 0.25) is 0 Å². The summed E-state index contributed by atoms with van der Waals surface area (Å²) in [5, 5.41) is 35.8. The largest absolute Gasteiger partial charge is 0.467 e. The van der Waals surface area contributed by atoms with Crippen LogP contribution in [-0.2, 0) is 14.3 Å². The molecule has 0 heterocycles. The molecule has 0 saturated carbocycles. The summed E-state index contributed by atoms with van der Waals surface area (Å²) in [5.41, 5.74) is 0. The van der Waals surface area contributed by atoms with Gasteiger partial charge in [-0.15, -0.1) is 0 Å². The molecule has 8 heteroatoms. The Morgan fingerprint density at radius 3 is 2.00 bits per heavy atom. The van der Waals surface area contributed by atoms with Gasteiger partial charge in [-0.3, -0.25) is 0 Å². The maximum Gasteiger partial charge on any atom is 0.337 e. The SMILES string of the molecule is COC(=O)C(O)C(O)C(O)C(O)C=O.[SiH4]. The third-order valence-corrected chi connectivity index (χ3v) is 1.61. The van der Waals surface area contributed by atoms with Crippen molar-refractivity contribution in [3.05, 3.63) is 0 Å². The molecule has 0 spiro atoms. The zero-order valence-electron chi connectivity index (χ0n) is 7.40. The van der Waals surface area contributed by atoms with Gasteiger partial charge in [0.15, 0.2) is 12.4 Å². The number of aliphatic hydroxyl groups excluding tert-OH is 4. The van der Waals surface area contributed by atoms with E-state index in [-0.39, 0.29) is 17.3 Å². The van der Waals surface area contributed by atoms with Gasteiger partial charge in [-0.05, 0) is 11.0 Å². The van der Waals surface area contributed by atoms with E-state index in [1.54, 1.807) is 0 Å². The van der Waals surface area contributed by atoms with Crippen LogP contribution in [-0.4, -0.2) is 75.2 Å². The summed E-state index contributed by atoms with van der Waals surface area (Å²) < 4.78 is 4.07. The number of hydrogen-bond acceptors (Lipinski definition) is 7. The third kappa shape index (κ3) is 4.49. The Morgan fingerprint density at radius 2 is 1.67 bits per heavy atom. The number of ether oxygens (including phenoxy) is 1. The van der Waals surface area contributed by atoms with E-state index in [4.69, 9.17) is 20.4 Å². The Labute approximate surface area is 90.3 Å². The van der Waals surface area contributed by atoms with Crippen molar-refractivity contribution in [2.45, 2.75) is 24.4 Å². The van der Waals surface area contributed by atoms with E-state index < -0.39 is 30.4 Å². The van der Waals surface area contributed by atoms with Crippen molar-refractivity contribution in [3.63, 3.8) is 0 Å². The average Bonchev–Trinajstić information content (AvgIpc) is 2.23. The summed E-state index contributed by atoms with van der Waals surface area (Å²) in [6.07, 6.45) is -7.84. The fourth-order valence-corrected chi connectivity index (χ4v) is 0.729. The maximum atomic E-state index is 10.7. The number of methoxy groups -OCH3 is 1. The molecule has 0 radical (unpaired) electrons. The van der Waals surface area contributed by atoms with Gasteiger partial charge in [0, 0.05) is 0 Å². The summed E-state index contributed by atoms with van der Waals surface area (Å²) in [6, 6.07) is 0. The smallest absolute Gasteiger partial charge is 0.337 e. The van der Waals surface area contributed by atoms with Crippen molar-refractivity contribution in [1.29, 1.82) is 0 Å². The molecule has 0 aliphatic carbocycles. The number of esters is 1. The number of aldehydes is 1. The normalized spacial score (nSPS) is 17.9. The molecule has 0 saturated heterocycles. The van der Waals surface area contributed by atoms with Crippen molar-refractivity contribution >= 4 is 23.2 Å². The Kier molecular flexibility index (Phi) is 8.29. The minimum Gasteiger partial charge on any atom is -0.467 e.